The lowest BCUT2D eigenvalue weighted by Gasteiger charge is -1.88. The van der Waals surface area contributed by atoms with Crippen molar-refractivity contribution >= 4 is 32.7 Å². The van der Waals surface area contributed by atoms with Gasteiger partial charge in [-0.2, -0.15) is 0 Å². The molecule has 0 fully saturated rings. The van der Waals surface area contributed by atoms with E-state index in [4.69, 9.17) is 14.7 Å². The molecule has 5 heteroatoms. The summed E-state index contributed by atoms with van der Waals surface area (Å²) in [5.74, 6) is 1.43. The summed E-state index contributed by atoms with van der Waals surface area (Å²) in [4.78, 5) is 0. The number of nitrogen functional groups attached to an aromatic ring is 1. The second-order valence-corrected chi connectivity index (χ2v) is 4.15. The Balaban J connectivity index is 2.23. The van der Waals surface area contributed by atoms with Crippen molar-refractivity contribution in [2.75, 3.05) is 5.73 Å². The van der Waals surface area contributed by atoms with E-state index in [1.807, 2.05) is 30.3 Å². The molecule has 0 atom stereocenters. The molecule has 3 rings (SSSR count). The minimum absolute atomic E-state index is 0.315. The lowest BCUT2D eigenvalue weighted by Crippen LogP contribution is -1.82. The summed E-state index contributed by atoms with van der Waals surface area (Å²) in [7, 11) is 0. The van der Waals surface area contributed by atoms with Crippen molar-refractivity contribution in [2.24, 2.45) is 0 Å². The van der Waals surface area contributed by atoms with Crippen molar-refractivity contribution < 1.29 is 8.94 Å². The highest BCUT2D eigenvalue weighted by atomic mass is 79.9. The van der Waals surface area contributed by atoms with Gasteiger partial charge in [0.25, 0.3) is 0 Å². The molecule has 1 aromatic carbocycles. The Kier molecular flexibility index (Phi) is 2.00. The van der Waals surface area contributed by atoms with E-state index in [1.165, 1.54) is 0 Å². The Morgan fingerprint density at radius 1 is 1.25 bits per heavy atom. The first kappa shape index (κ1) is 9.47. The van der Waals surface area contributed by atoms with Crippen LogP contribution in [0.15, 0.2) is 43.7 Å². The molecule has 0 amide bonds. The first-order chi connectivity index (χ1) is 7.75. The number of anilines is 1. The highest BCUT2D eigenvalue weighted by molar-refractivity contribution is 9.10. The zero-order valence-corrected chi connectivity index (χ0v) is 9.69. The Morgan fingerprint density at radius 2 is 2.06 bits per heavy atom. The maximum Gasteiger partial charge on any atom is 0.218 e. The van der Waals surface area contributed by atoms with Crippen LogP contribution in [-0.2, 0) is 0 Å². The number of nitrogens with zero attached hydrogens (tertiary/aromatic N) is 1. The van der Waals surface area contributed by atoms with Gasteiger partial charge < -0.3 is 14.7 Å². The van der Waals surface area contributed by atoms with Gasteiger partial charge in [-0.15, -0.1) is 0 Å². The maximum absolute atomic E-state index is 5.63. The molecule has 0 saturated heterocycles. The molecule has 2 N–H and O–H groups in total. The van der Waals surface area contributed by atoms with Crippen molar-refractivity contribution in [1.82, 2.24) is 5.16 Å². The van der Waals surface area contributed by atoms with E-state index in [-0.39, 0.29) is 0 Å². The van der Waals surface area contributed by atoms with Crippen molar-refractivity contribution in [1.29, 1.82) is 0 Å². The number of para-hydroxylation sites is 1. The number of benzene rings is 1. The summed E-state index contributed by atoms with van der Waals surface area (Å²) in [6, 6.07) is 9.62. The predicted octanol–water partition coefficient (Wildman–Crippen LogP) is 3.43. The number of furan rings is 1. The largest absolute Gasteiger partial charge is 0.453 e. The van der Waals surface area contributed by atoms with E-state index < -0.39 is 0 Å². The Bertz CT molecular complexity index is 624. The Labute approximate surface area is 99.1 Å². The van der Waals surface area contributed by atoms with E-state index in [0.29, 0.717) is 21.8 Å². The van der Waals surface area contributed by atoms with Crippen LogP contribution in [0.5, 0.6) is 0 Å². The van der Waals surface area contributed by atoms with E-state index in [9.17, 15) is 0 Å². The number of hydrogen-bond donors (Lipinski definition) is 1. The Hall–Kier alpha value is -1.75. The summed E-state index contributed by atoms with van der Waals surface area (Å²) in [5.41, 5.74) is 6.38. The van der Waals surface area contributed by atoms with Gasteiger partial charge in [0, 0.05) is 5.39 Å². The standard InChI is InChI=1S/C11H7BrN2O2/c12-9-10(16-14-11(9)13)8-5-6-3-1-2-4-7(6)15-8/h1-5H,(H2,13,14). The maximum atomic E-state index is 5.63. The molecular formula is C11H7BrN2O2. The molecule has 0 unspecified atom stereocenters. The highest BCUT2D eigenvalue weighted by Gasteiger charge is 2.16. The molecule has 16 heavy (non-hydrogen) atoms. The summed E-state index contributed by atoms with van der Waals surface area (Å²) in [6.45, 7) is 0. The van der Waals surface area contributed by atoms with E-state index >= 15 is 0 Å². The topological polar surface area (TPSA) is 65.2 Å². The van der Waals surface area contributed by atoms with Crippen LogP contribution in [0, 0.1) is 0 Å². The summed E-state index contributed by atoms with van der Waals surface area (Å²) < 4.78 is 11.3. The molecular weight excluding hydrogens is 272 g/mol. The summed E-state index contributed by atoms with van der Waals surface area (Å²) in [6.07, 6.45) is 0. The summed E-state index contributed by atoms with van der Waals surface area (Å²) in [5, 5.41) is 4.67. The number of rotatable bonds is 1. The molecule has 0 saturated carbocycles. The van der Waals surface area contributed by atoms with Crippen LogP contribution in [-0.4, -0.2) is 5.16 Å². The van der Waals surface area contributed by atoms with Gasteiger partial charge in [0.2, 0.25) is 5.76 Å². The van der Waals surface area contributed by atoms with Crippen molar-refractivity contribution in [2.45, 2.75) is 0 Å². The first-order valence-electron chi connectivity index (χ1n) is 4.65. The van der Waals surface area contributed by atoms with Crippen molar-refractivity contribution in [3.05, 3.63) is 34.8 Å². The van der Waals surface area contributed by atoms with Gasteiger partial charge in [0.15, 0.2) is 11.6 Å². The van der Waals surface area contributed by atoms with Gasteiger partial charge in [-0.1, -0.05) is 23.4 Å². The second kappa shape index (κ2) is 3.38. The van der Waals surface area contributed by atoms with Gasteiger partial charge in [-0.25, -0.2) is 0 Å². The third-order valence-corrected chi connectivity index (χ3v) is 3.08. The van der Waals surface area contributed by atoms with Crippen molar-refractivity contribution in [3.8, 4) is 11.5 Å². The second-order valence-electron chi connectivity index (χ2n) is 3.36. The molecule has 0 aliphatic rings. The molecule has 0 bridgehead atoms. The highest BCUT2D eigenvalue weighted by Crippen LogP contribution is 2.35. The average Bonchev–Trinajstić information content (AvgIpc) is 2.84. The molecule has 3 aromatic rings. The monoisotopic (exact) mass is 278 g/mol. The van der Waals surface area contributed by atoms with E-state index in [0.717, 1.165) is 11.0 Å². The quantitative estimate of drug-likeness (QED) is 0.741. The minimum atomic E-state index is 0.315. The van der Waals surface area contributed by atoms with E-state index in [1.54, 1.807) is 0 Å². The van der Waals surface area contributed by atoms with Gasteiger partial charge in [0.1, 0.15) is 10.1 Å². The van der Waals surface area contributed by atoms with Gasteiger partial charge >= 0.3 is 0 Å². The lowest BCUT2D eigenvalue weighted by atomic mass is 10.2. The molecule has 80 valence electrons. The zero-order valence-electron chi connectivity index (χ0n) is 8.11. The normalized spacial score (nSPS) is 11.1. The molecule has 2 aromatic heterocycles. The van der Waals surface area contributed by atoms with Crippen molar-refractivity contribution in [3.63, 3.8) is 0 Å². The predicted molar refractivity (Wildman–Crippen MR) is 63.8 cm³/mol. The van der Waals surface area contributed by atoms with Crippen LogP contribution in [0.2, 0.25) is 0 Å². The number of hydrogen-bond acceptors (Lipinski definition) is 4. The number of aromatic nitrogens is 1. The van der Waals surface area contributed by atoms with Gasteiger partial charge in [-0.3, -0.25) is 0 Å². The third-order valence-electron chi connectivity index (χ3n) is 2.31. The number of nitrogens with two attached hydrogens (primary N) is 1. The summed E-state index contributed by atoms with van der Waals surface area (Å²) >= 11 is 3.30. The molecule has 0 spiro atoms. The molecule has 0 radical (unpaired) electrons. The van der Waals surface area contributed by atoms with Gasteiger partial charge in [-0.05, 0) is 28.1 Å². The molecule has 0 aliphatic heterocycles. The van der Waals surface area contributed by atoms with E-state index in [2.05, 4.69) is 21.1 Å². The fraction of sp³-hybridized carbons (Fsp3) is 0. The van der Waals surface area contributed by atoms with Crippen LogP contribution < -0.4 is 5.73 Å². The third kappa shape index (κ3) is 1.32. The minimum Gasteiger partial charge on any atom is -0.453 e. The smallest absolute Gasteiger partial charge is 0.218 e. The van der Waals surface area contributed by atoms with Gasteiger partial charge in [0.05, 0.1) is 0 Å². The van der Waals surface area contributed by atoms with Crippen LogP contribution in [0.1, 0.15) is 0 Å². The molecule has 2 heterocycles. The zero-order chi connectivity index (χ0) is 11.1. The lowest BCUT2D eigenvalue weighted by molar-refractivity contribution is 0.423. The SMILES string of the molecule is Nc1noc(-c2cc3ccccc3o2)c1Br. The molecule has 0 aliphatic carbocycles. The first-order valence-corrected chi connectivity index (χ1v) is 5.44. The molecule has 4 nitrogen and oxygen atoms in total. The van der Waals surface area contributed by atoms with Crippen LogP contribution >= 0.6 is 15.9 Å². The Morgan fingerprint density at radius 3 is 2.75 bits per heavy atom. The number of fused-ring (bicyclic) bond motifs is 1. The fourth-order valence-corrected chi connectivity index (χ4v) is 1.88. The number of halogens is 1. The fourth-order valence-electron chi connectivity index (χ4n) is 1.54. The van der Waals surface area contributed by atoms with Crippen LogP contribution in [0.25, 0.3) is 22.5 Å². The average molecular weight is 279 g/mol. The van der Waals surface area contributed by atoms with Crippen LogP contribution in [0.4, 0.5) is 5.82 Å². The van der Waals surface area contributed by atoms with Crippen LogP contribution in [0.3, 0.4) is 0 Å².